The molecule has 0 saturated carbocycles. The Hall–Kier alpha value is -0.860. The zero-order valence-electron chi connectivity index (χ0n) is 9.21. The molecular formula is C11H21NO2. The predicted octanol–water partition coefficient (Wildman–Crippen LogP) is 2.79. The van der Waals surface area contributed by atoms with Gasteiger partial charge in [0.05, 0.1) is 6.61 Å². The van der Waals surface area contributed by atoms with E-state index >= 15 is 0 Å². The number of hydrogen-bond donors (Lipinski definition) is 1. The van der Waals surface area contributed by atoms with Crippen LogP contribution < -0.4 is 0 Å². The predicted molar refractivity (Wildman–Crippen MR) is 57.7 cm³/mol. The van der Waals surface area contributed by atoms with Crippen LogP contribution in [-0.4, -0.2) is 18.8 Å². The number of nitrogens with one attached hydrogen (secondary N) is 1. The number of ether oxygens (including phenoxy) is 1. The van der Waals surface area contributed by atoms with Crippen LogP contribution in [0.1, 0.15) is 46.0 Å². The third kappa shape index (κ3) is 7.77. The smallest absolute Gasteiger partial charge is 0.305 e. The third-order valence-electron chi connectivity index (χ3n) is 2.08. The van der Waals surface area contributed by atoms with Gasteiger partial charge in [-0.1, -0.05) is 13.8 Å². The van der Waals surface area contributed by atoms with E-state index in [-0.39, 0.29) is 5.97 Å². The van der Waals surface area contributed by atoms with Crippen LogP contribution in [0.25, 0.3) is 0 Å². The van der Waals surface area contributed by atoms with Crippen molar-refractivity contribution in [3.05, 3.63) is 0 Å². The fourth-order valence-electron chi connectivity index (χ4n) is 1.21. The molecule has 0 aromatic heterocycles. The molecule has 1 N–H and O–H groups in total. The Bertz CT molecular complexity index is 169. The molecule has 0 saturated heterocycles. The van der Waals surface area contributed by atoms with Crippen molar-refractivity contribution in [3.63, 3.8) is 0 Å². The lowest BCUT2D eigenvalue weighted by Crippen LogP contribution is -2.06. The van der Waals surface area contributed by atoms with E-state index < -0.39 is 0 Å². The molecule has 0 aromatic carbocycles. The first-order chi connectivity index (χ1) is 6.70. The van der Waals surface area contributed by atoms with Crippen molar-refractivity contribution >= 4 is 12.2 Å². The van der Waals surface area contributed by atoms with Crippen LogP contribution in [0.4, 0.5) is 0 Å². The van der Waals surface area contributed by atoms with Crippen molar-refractivity contribution in [2.75, 3.05) is 6.61 Å². The lowest BCUT2D eigenvalue weighted by atomic mass is 10.0. The summed E-state index contributed by atoms with van der Waals surface area (Å²) in [6.07, 6.45) is 5.56. The quantitative estimate of drug-likeness (QED) is 0.371. The summed E-state index contributed by atoms with van der Waals surface area (Å²) in [6, 6.07) is 0. The second-order valence-corrected chi connectivity index (χ2v) is 3.66. The summed E-state index contributed by atoms with van der Waals surface area (Å²) in [6.45, 7) is 4.60. The van der Waals surface area contributed by atoms with E-state index in [0.29, 0.717) is 18.9 Å². The van der Waals surface area contributed by atoms with E-state index in [9.17, 15) is 4.79 Å². The van der Waals surface area contributed by atoms with Gasteiger partial charge in [0, 0.05) is 6.42 Å². The molecule has 14 heavy (non-hydrogen) atoms. The largest absolute Gasteiger partial charge is 0.466 e. The van der Waals surface area contributed by atoms with E-state index in [0.717, 1.165) is 25.7 Å². The first-order valence-corrected chi connectivity index (χ1v) is 5.35. The first-order valence-electron chi connectivity index (χ1n) is 5.35. The van der Waals surface area contributed by atoms with Gasteiger partial charge in [0.25, 0.3) is 0 Å². The average molecular weight is 199 g/mol. The highest BCUT2D eigenvalue weighted by Gasteiger charge is 2.02. The number of esters is 1. The monoisotopic (exact) mass is 199 g/mol. The molecule has 0 aromatic rings. The minimum Gasteiger partial charge on any atom is -0.466 e. The van der Waals surface area contributed by atoms with Gasteiger partial charge in [-0.05, 0) is 37.8 Å². The average Bonchev–Trinajstić information content (AvgIpc) is 2.13. The van der Waals surface area contributed by atoms with Crippen molar-refractivity contribution < 1.29 is 9.53 Å². The Balaban J connectivity index is 3.28. The van der Waals surface area contributed by atoms with Crippen molar-refractivity contribution in [1.29, 1.82) is 5.41 Å². The molecule has 0 radical (unpaired) electrons. The van der Waals surface area contributed by atoms with Crippen molar-refractivity contribution in [2.24, 2.45) is 5.92 Å². The van der Waals surface area contributed by atoms with Gasteiger partial charge in [-0.15, -0.1) is 0 Å². The molecule has 0 aliphatic carbocycles. The number of carbonyl (C=O) groups is 1. The molecule has 0 spiro atoms. The van der Waals surface area contributed by atoms with Gasteiger partial charge in [0.1, 0.15) is 0 Å². The van der Waals surface area contributed by atoms with Gasteiger partial charge in [-0.2, -0.15) is 0 Å². The molecule has 3 heteroatoms. The van der Waals surface area contributed by atoms with Crippen LogP contribution in [0.2, 0.25) is 0 Å². The van der Waals surface area contributed by atoms with Gasteiger partial charge in [0.15, 0.2) is 0 Å². The highest BCUT2D eigenvalue weighted by Crippen LogP contribution is 2.08. The third-order valence-corrected chi connectivity index (χ3v) is 2.08. The zero-order chi connectivity index (χ0) is 10.8. The van der Waals surface area contributed by atoms with Crippen LogP contribution in [0.15, 0.2) is 0 Å². The summed E-state index contributed by atoms with van der Waals surface area (Å²) in [4.78, 5) is 11.0. The molecule has 0 fully saturated rings. The molecule has 3 nitrogen and oxygen atoms in total. The van der Waals surface area contributed by atoms with Gasteiger partial charge in [-0.25, -0.2) is 0 Å². The molecule has 0 aliphatic heterocycles. The summed E-state index contributed by atoms with van der Waals surface area (Å²) in [5.41, 5.74) is 0. The molecular weight excluding hydrogens is 178 g/mol. The maximum atomic E-state index is 11.0. The Morgan fingerprint density at radius 2 is 2.29 bits per heavy atom. The summed E-state index contributed by atoms with van der Waals surface area (Å²) in [5.74, 6) is 0.435. The Labute approximate surface area is 86.3 Å². The van der Waals surface area contributed by atoms with Crippen LogP contribution in [0.3, 0.4) is 0 Å². The Kier molecular flexibility index (Phi) is 8.19. The Morgan fingerprint density at radius 3 is 2.86 bits per heavy atom. The van der Waals surface area contributed by atoms with E-state index in [1.807, 2.05) is 6.92 Å². The van der Waals surface area contributed by atoms with Crippen LogP contribution in [0, 0.1) is 11.3 Å². The Morgan fingerprint density at radius 1 is 1.57 bits per heavy atom. The van der Waals surface area contributed by atoms with Gasteiger partial charge >= 0.3 is 5.97 Å². The van der Waals surface area contributed by atoms with E-state index in [4.69, 9.17) is 10.1 Å². The van der Waals surface area contributed by atoms with E-state index in [1.165, 1.54) is 6.21 Å². The maximum absolute atomic E-state index is 11.0. The van der Waals surface area contributed by atoms with Gasteiger partial charge in [0.2, 0.25) is 0 Å². The van der Waals surface area contributed by atoms with Gasteiger partial charge < -0.3 is 10.1 Å². The molecule has 82 valence electrons. The zero-order valence-corrected chi connectivity index (χ0v) is 9.21. The van der Waals surface area contributed by atoms with Gasteiger partial charge in [-0.3, -0.25) is 4.79 Å². The molecule has 0 heterocycles. The molecule has 1 atom stereocenters. The minimum absolute atomic E-state index is 0.0905. The number of hydrogen-bond acceptors (Lipinski definition) is 3. The normalized spacial score (nSPS) is 12.1. The van der Waals surface area contributed by atoms with Crippen LogP contribution in [0.5, 0.6) is 0 Å². The highest BCUT2D eigenvalue weighted by molar-refractivity contribution is 5.69. The lowest BCUT2D eigenvalue weighted by Gasteiger charge is -2.08. The second-order valence-electron chi connectivity index (χ2n) is 3.66. The standard InChI is InChI=1S/C11H21NO2/c1-3-5-11(13)14-9-4-6-10(2)7-8-12/h8,10,12H,3-7,9H2,1-2H3. The molecule has 1 unspecified atom stereocenters. The van der Waals surface area contributed by atoms with Crippen molar-refractivity contribution in [3.8, 4) is 0 Å². The van der Waals surface area contributed by atoms with Crippen molar-refractivity contribution in [2.45, 2.75) is 46.0 Å². The summed E-state index contributed by atoms with van der Waals surface area (Å²) in [5, 5.41) is 6.93. The summed E-state index contributed by atoms with van der Waals surface area (Å²) < 4.78 is 5.01. The van der Waals surface area contributed by atoms with Crippen LogP contribution in [-0.2, 0) is 9.53 Å². The molecule has 0 amide bonds. The van der Waals surface area contributed by atoms with Crippen LogP contribution >= 0.6 is 0 Å². The molecule has 0 bridgehead atoms. The topological polar surface area (TPSA) is 50.2 Å². The van der Waals surface area contributed by atoms with E-state index in [2.05, 4.69) is 6.92 Å². The SMILES string of the molecule is CCCC(=O)OCCCC(C)CC=N. The summed E-state index contributed by atoms with van der Waals surface area (Å²) in [7, 11) is 0. The maximum Gasteiger partial charge on any atom is 0.305 e. The fraction of sp³-hybridized carbons (Fsp3) is 0.818. The first kappa shape index (κ1) is 13.1. The van der Waals surface area contributed by atoms with Crippen molar-refractivity contribution in [1.82, 2.24) is 0 Å². The lowest BCUT2D eigenvalue weighted by molar-refractivity contribution is -0.143. The molecule has 0 aliphatic rings. The number of rotatable bonds is 8. The second kappa shape index (κ2) is 8.73. The highest BCUT2D eigenvalue weighted by atomic mass is 16.5. The minimum atomic E-state index is -0.0905. The van der Waals surface area contributed by atoms with E-state index in [1.54, 1.807) is 0 Å². The summed E-state index contributed by atoms with van der Waals surface area (Å²) >= 11 is 0. The number of carbonyl (C=O) groups excluding carboxylic acids is 1. The molecule has 0 rings (SSSR count). The fourth-order valence-corrected chi connectivity index (χ4v) is 1.21.